The van der Waals surface area contributed by atoms with Crippen LogP contribution in [0.4, 0.5) is 0 Å². The van der Waals surface area contributed by atoms with E-state index in [1.165, 1.54) is 0 Å². The smallest absolute Gasteiger partial charge is 0.306 e. The van der Waals surface area contributed by atoms with Crippen molar-refractivity contribution in [3.05, 3.63) is 30.1 Å². The monoisotopic (exact) mass is 294 g/mol. The summed E-state index contributed by atoms with van der Waals surface area (Å²) in [5, 5.41) is 8.92. The summed E-state index contributed by atoms with van der Waals surface area (Å²) in [5.74, 6) is 0.198. The first-order valence-electron chi connectivity index (χ1n) is 6.65. The molecule has 0 atom stereocenters. The van der Waals surface area contributed by atoms with Crippen LogP contribution in [0.25, 0.3) is 0 Å². The summed E-state index contributed by atoms with van der Waals surface area (Å²) in [7, 11) is 0. The summed E-state index contributed by atoms with van der Waals surface area (Å²) in [5.41, 5.74) is 0.967. The first kappa shape index (κ1) is 14.8. The Labute approximate surface area is 122 Å². The van der Waals surface area contributed by atoms with Crippen molar-refractivity contribution in [3.8, 4) is 0 Å². The Morgan fingerprint density at radius 1 is 1.35 bits per heavy atom. The van der Waals surface area contributed by atoms with Crippen molar-refractivity contribution in [2.75, 3.05) is 18.8 Å². The molecule has 1 aliphatic rings. The number of hydrogen-bond acceptors (Lipinski definition) is 4. The van der Waals surface area contributed by atoms with E-state index in [1.54, 1.807) is 22.9 Å². The molecule has 0 bridgehead atoms. The molecule has 0 saturated carbocycles. The summed E-state index contributed by atoms with van der Waals surface area (Å²) >= 11 is 1.55. The maximum atomic E-state index is 12.0. The van der Waals surface area contributed by atoms with Gasteiger partial charge in [0.25, 0.3) is 0 Å². The van der Waals surface area contributed by atoms with E-state index in [9.17, 15) is 9.59 Å². The molecule has 2 rings (SSSR count). The minimum absolute atomic E-state index is 0.0924. The van der Waals surface area contributed by atoms with Gasteiger partial charge >= 0.3 is 5.97 Å². The van der Waals surface area contributed by atoms with E-state index in [0.717, 1.165) is 11.4 Å². The van der Waals surface area contributed by atoms with E-state index >= 15 is 0 Å². The fraction of sp³-hybridized carbons (Fsp3) is 0.500. The average molecular weight is 294 g/mol. The molecule has 0 spiro atoms. The highest BCUT2D eigenvalue weighted by atomic mass is 32.2. The molecule has 1 amide bonds. The van der Waals surface area contributed by atoms with Crippen molar-refractivity contribution in [2.45, 2.75) is 18.6 Å². The number of aromatic nitrogens is 1. The minimum Gasteiger partial charge on any atom is -0.481 e. The van der Waals surface area contributed by atoms with Crippen LogP contribution in [0.3, 0.4) is 0 Å². The molecule has 0 radical (unpaired) electrons. The van der Waals surface area contributed by atoms with Crippen LogP contribution >= 0.6 is 11.8 Å². The third kappa shape index (κ3) is 4.23. The summed E-state index contributed by atoms with van der Waals surface area (Å²) in [6, 6.07) is 5.74. The van der Waals surface area contributed by atoms with Crippen LogP contribution in [0.2, 0.25) is 0 Å². The molecule has 6 heteroatoms. The van der Waals surface area contributed by atoms with E-state index in [1.807, 2.05) is 18.2 Å². The zero-order valence-corrected chi connectivity index (χ0v) is 12.0. The second-order valence-electron chi connectivity index (χ2n) is 4.81. The summed E-state index contributed by atoms with van der Waals surface area (Å²) < 4.78 is 0. The molecule has 1 aliphatic heterocycles. The van der Waals surface area contributed by atoms with Crippen LogP contribution in [0, 0.1) is 5.92 Å². The van der Waals surface area contributed by atoms with Crippen molar-refractivity contribution in [1.29, 1.82) is 0 Å². The molecular weight excluding hydrogens is 276 g/mol. The first-order chi connectivity index (χ1) is 9.66. The second kappa shape index (κ2) is 7.28. The Balaban J connectivity index is 1.69. The van der Waals surface area contributed by atoms with Gasteiger partial charge in [-0.25, -0.2) is 0 Å². The van der Waals surface area contributed by atoms with Gasteiger partial charge in [0.15, 0.2) is 0 Å². The molecule has 20 heavy (non-hydrogen) atoms. The van der Waals surface area contributed by atoms with E-state index in [-0.39, 0.29) is 11.8 Å². The Bertz CT molecular complexity index is 459. The summed E-state index contributed by atoms with van der Waals surface area (Å²) in [6.07, 6.45) is 2.87. The molecular formula is C14H18N2O3S. The van der Waals surface area contributed by atoms with Gasteiger partial charge in [-0.3, -0.25) is 14.6 Å². The number of likely N-dealkylation sites (tertiary alicyclic amines) is 1. The van der Waals surface area contributed by atoms with Gasteiger partial charge in [0, 0.05) is 25.0 Å². The highest BCUT2D eigenvalue weighted by Crippen LogP contribution is 2.18. The number of rotatable bonds is 5. The molecule has 1 fully saturated rings. The zero-order chi connectivity index (χ0) is 14.4. The number of thioether (sulfide) groups is 1. The zero-order valence-electron chi connectivity index (χ0n) is 11.2. The standard InChI is InChI=1S/C14H18N2O3S/c17-13(10-20-9-12-3-1-2-6-15-12)16-7-4-11(5-8-16)14(18)19/h1-3,6,11H,4-5,7-10H2,(H,18,19). The fourth-order valence-corrected chi connectivity index (χ4v) is 3.03. The van der Waals surface area contributed by atoms with E-state index in [0.29, 0.717) is 31.7 Å². The topological polar surface area (TPSA) is 70.5 Å². The second-order valence-corrected chi connectivity index (χ2v) is 5.79. The van der Waals surface area contributed by atoms with Gasteiger partial charge in [-0.15, -0.1) is 11.8 Å². The highest BCUT2D eigenvalue weighted by molar-refractivity contribution is 7.99. The summed E-state index contributed by atoms with van der Waals surface area (Å²) in [4.78, 5) is 28.8. The van der Waals surface area contributed by atoms with Gasteiger partial charge in [-0.2, -0.15) is 0 Å². The highest BCUT2D eigenvalue weighted by Gasteiger charge is 2.26. The Morgan fingerprint density at radius 3 is 2.70 bits per heavy atom. The maximum Gasteiger partial charge on any atom is 0.306 e. The lowest BCUT2D eigenvalue weighted by atomic mass is 9.97. The van der Waals surface area contributed by atoms with Crippen LogP contribution in [-0.4, -0.2) is 45.7 Å². The van der Waals surface area contributed by atoms with Gasteiger partial charge in [0.05, 0.1) is 17.4 Å². The molecule has 2 heterocycles. The maximum absolute atomic E-state index is 12.0. The van der Waals surface area contributed by atoms with Gasteiger partial charge in [-0.05, 0) is 25.0 Å². The number of carboxylic acids is 1. The van der Waals surface area contributed by atoms with Crippen molar-refractivity contribution >= 4 is 23.6 Å². The van der Waals surface area contributed by atoms with Crippen LogP contribution in [0.15, 0.2) is 24.4 Å². The van der Waals surface area contributed by atoms with Crippen molar-refractivity contribution in [3.63, 3.8) is 0 Å². The number of carboxylic acid groups (broad SMARTS) is 1. The number of carbonyl (C=O) groups is 2. The lowest BCUT2D eigenvalue weighted by molar-refractivity contribution is -0.145. The molecule has 0 aromatic carbocycles. The van der Waals surface area contributed by atoms with Crippen LogP contribution < -0.4 is 0 Å². The van der Waals surface area contributed by atoms with Gasteiger partial charge < -0.3 is 10.0 Å². The minimum atomic E-state index is -0.748. The molecule has 0 unspecified atom stereocenters. The molecule has 108 valence electrons. The van der Waals surface area contributed by atoms with Gasteiger partial charge in [0.2, 0.25) is 5.91 Å². The summed E-state index contributed by atoms with van der Waals surface area (Å²) in [6.45, 7) is 1.11. The number of amides is 1. The normalized spacial score (nSPS) is 16.1. The molecule has 5 nitrogen and oxygen atoms in total. The van der Waals surface area contributed by atoms with E-state index < -0.39 is 5.97 Å². The van der Waals surface area contributed by atoms with Gasteiger partial charge in [0.1, 0.15) is 0 Å². The van der Waals surface area contributed by atoms with Crippen LogP contribution in [0.1, 0.15) is 18.5 Å². The number of pyridine rings is 1. The third-order valence-corrected chi connectivity index (χ3v) is 4.35. The van der Waals surface area contributed by atoms with Crippen molar-refractivity contribution < 1.29 is 14.7 Å². The number of nitrogens with zero attached hydrogens (tertiary/aromatic N) is 2. The third-order valence-electron chi connectivity index (χ3n) is 3.40. The lowest BCUT2D eigenvalue weighted by Gasteiger charge is -2.30. The SMILES string of the molecule is O=C(O)C1CCN(C(=O)CSCc2ccccn2)CC1. The average Bonchev–Trinajstić information content (AvgIpc) is 2.48. The fourth-order valence-electron chi connectivity index (χ4n) is 2.19. The number of piperidine rings is 1. The number of carbonyl (C=O) groups excluding carboxylic acids is 1. The Hall–Kier alpha value is -1.56. The molecule has 0 aliphatic carbocycles. The van der Waals surface area contributed by atoms with Crippen LogP contribution in [-0.2, 0) is 15.3 Å². The number of aliphatic carboxylic acids is 1. The predicted octanol–water partition coefficient (Wildman–Crippen LogP) is 1.64. The Morgan fingerprint density at radius 2 is 2.10 bits per heavy atom. The predicted molar refractivity (Wildman–Crippen MR) is 77.3 cm³/mol. The molecule has 1 aromatic rings. The van der Waals surface area contributed by atoms with Crippen molar-refractivity contribution in [2.24, 2.45) is 5.92 Å². The molecule has 1 aromatic heterocycles. The van der Waals surface area contributed by atoms with Gasteiger partial charge in [-0.1, -0.05) is 6.07 Å². The number of hydrogen-bond donors (Lipinski definition) is 1. The van der Waals surface area contributed by atoms with E-state index in [2.05, 4.69) is 4.98 Å². The lowest BCUT2D eigenvalue weighted by Crippen LogP contribution is -2.41. The molecule has 1 N–H and O–H groups in total. The van der Waals surface area contributed by atoms with Crippen LogP contribution in [0.5, 0.6) is 0 Å². The largest absolute Gasteiger partial charge is 0.481 e. The van der Waals surface area contributed by atoms with Crippen molar-refractivity contribution in [1.82, 2.24) is 9.88 Å². The molecule has 1 saturated heterocycles. The quantitative estimate of drug-likeness (QED) is 0.894. The first-order valence-corrected chi connectivity index (χ1v) is 7.80. The van der Waals surface area contributed by atoms with E-state index in [4.69, 9.17) is 5.11 Å². The Kier molecular flexibility index (Phi) is 5.40.